The topological polar surface area (TPSA) is 100 Å². The van der Waals surface area contributed by atoms with Gasteiger partial charge in [0.25, 0.3) is 0 Å². The number of piperidine rings is 1. The van der Waals surface area contributed by atoms with Crippen LogP contribution in [-0.2, 0) is 11.0 Å². The van der Waals surface area contributed by atoms with Crippen LogP contribution in [0.25, 0.3) is 0 Å². The number of carbonyl (C=O) groups excluding carboxylic acids is 1. The van der Waals surface area contributed by atoms with Crippen LogP contribution in [0, 0.1) is 12.8 Å². The summed E-state index contributed by atoms with van der Waals surface area (Å²) in [4.78, 5) is 21.8. The van der Waals surface area contributed by atoms with E-state index in [0.717, 1.165) is 37.8 Å². The fourth-order valence-corrected chi connectivity index (χ4v) is 3.67. The first-order valence-electron chi connectivity index (χ1n) is 11.5. The number of halogens is 3. The van der Waals surface area contributed by atoms with Crippen LogP contribution < -0.4 is 16.0 Å². The lowest BCUT2D eigenvalue weighted by Gasteiger charge is -2.28. The van der Waals surface area contributed by atoms with Crippen molar-refractivity contribution in [3.8, 4) is 0 Å². The molecule has 0 aliphatic carbocycles. The number of aromatic nitrogens is 4. The van der Waals surface area contributed by atoms with Gasteiger partial charge in [0.1, 0.15) is 11.4 Å². The molecule has 0 bridgehead atoms. The number of amides is 1. The van der Waals surface area contributed by atoms with Gasteiger partial charge in [0.2, 0.25) is 11.9 Å². The van der Waals surface area contributed by atoms with Crippen LogP contribution in [0.3, 0.4) is 0 Å². The number of aryl methyl sites for hydroxylation is 1. The van der Waals surface area contributed by atoms with Crippen LogP contribution in [0.2, 0.25) is 0 Å². The zero-order valence-corrected chi connectivity index (χ0v) is 20.0. The normalized spacial score (nSPS) is 15.5. The third-order valence-electron chi connectivity index (χ3n) is 5.79. The Bertz CT molecular complexity index is 968. The molecule has 188 valence electrons. The summed E-state index contributed by atoms with van der Waals surface area (Å²) < 4.78 is 42.3. The molecule has 2 aromatic heterocycles. The average Bonchev–Trinajstić information content (AvgIpc) is 3.13. The van der Waals surface area contributed by atoms with Crippen molar-refractivity contribution >= 4 is 23.4 Å². The van der Waals surface area contributed by atoms with Crippen LogP contribution in [0.1, 0.15) is 50.4 Å². The van der Waals surface area contributed by atoms with E-state index in [1.165, 1.54) is 0 Å². The van der Waals surface area contributed by atoms with E-state index >= 15 is 0 Å². The summed E-state index contributed by atoms with van der Waals surface area (Å²) >= 11 is 0. The van der Waals surface area contributed by atoms with Gasteiger partial charge in [0.15, 0.2) is 0 Å². The lowest BCUT2D eigenvalue weighted by molar-refractivity contribution is -0.137. The molecular formula is C22H33F3N8O. The van der Waals surface area contributed by atoms with Gasteiger partial charge in [-0.3, -0.25) is 9.48 Å². The number of rotatable bonds is 9. The first kappa shape index (κ1) is 25.7. The second-order valence-electron chi connectivity index (χ2n) is 8.95. The molecule has 9 nitrogen and oxygen atoms in total. The number of nitrogens with one attached hydrogen (secondary N) is 3. The monoisotopic (exact) mass is 482 g/mol. The number of hydrogen-bond donors (Lipinski definition) is 3. The maximum absolute atomic E-state index is 13.5. The third-order valence-corrected chi connectivity index (χ3v) is 5.79. The SMILES string of the molecule is Cc1nn(C2CCN(C)CC2)cc1Nc1ncc(C(F)(F)F)c(NCCCNC(=O)C(C)C)n1. The predicted octanol–water partition coefficient (Wildman–Crippen LogP) is 3.58. The number of alkyl halides is 3. The lowest BCUT2D eigenvalue weighted by Crippen LogP contribution is -2.31. The highest BCUT2D eigenvalue weighted by Crippen LogP contribution is 2.34. The molecule has 1 aliphatic heterocycles. The molecule has 0 spiro atoms. The molecule has 1 fully saturated rings. The van der Waals surface area contributed by atoms with Gasteiger partial charge < -0.3 is 20.9 Å². The Balaban J connectivity index is 1.67. The first-order valence-corrected chi connectivity index (χ1v) is 11.5. The Hall–Kier alpha value is -2.89. The first-order chi connectivity index (χ1) is 16.0. The number of carbonyl (C=O) groups is 1. The van der Waals surface area contributed by atoms with Crippen LogP contribution >= 0.6 is 0 Å². The lowest BCUT2D eigenvalue weighted by atomic mass is 10.1. The zero-order valence-electron chi connectivity index (χ0n) is 20.0. The van der Waals surface area contributed by atoms with Crippen molar-refractivity contribution in [1.29, 1.82) is 0 Å². The highest BCUT2D eigenvalue weighted by Gasteiger charge is 2.35. The van der Waals surface area contributed by atoms with E-state index in [0.29, 0.717) is 18.7 Å². The molecular weight excluding hydrogens is 449 g/mol. The molecule has 1 amide bonds. The van der Waals surface area contributed by atoms with Crippen molar-refractivity contribution in [2.75, 3.05) is 43.9 Å². The van der Waals surface area contributed by atoms with E-state index in [1.54, 1.807) is 13.8 Å². The Labute approximate surface area is 197 Å². The number of nitrogens with zero attached hydrogens (tertiary/aromatic N) is 5. The molecule has 1 saturated heterocycles. The fourth-order valence-electron chi connectivity index (χ4n) is 3.67. The van der Waals surface area contributed by atoms with Crippen LogP contribution in [0.4, 0.5) is 30.6 Å². The summed E-state index contributed by atoms with van der Waals surface area (Å²) in [6, 6.07) is 0.285. The van der Waals surface area contributed by atoms with Crippen molar-refractivity contribution in [2.24, 2.45) is 5.92 Å². The second-order valence-corrected chi connectivity index (χ2v) is 8.95. The van der Waals surface area contributed by atoms with Crippen LogP contribution in [-0.4, -0.2) is 63.8 Å². The molecule has 0 saturated carbocycles. The molecule has 34 heavy (non-hydrogen) atoms. The van der Waals surface area contributed by atoms with Gasteiger partial charge in [-0.1, -0.05) is 13.8 Å². The van der Waals surface area contributed by atoms with Gasteiger partial charge in [0.05, 0.1) is 17.4 Å². The van der Waals surface area contributed by atoms with Crippen molar-refractivity contribution in [3.05, 3.63) is 23.7 Å². The van der Waals surface area contributed by atoms with Crippen molar-refractivity contribution < 1.29 is 18.0 Å². The Kier molecular flexibility index (Phi) is 8.34. The molecule has 3 heterocycles. The minimum absolute atomic E-state index is 0.0506. The Morgan fingerprint density at radius 3 is 2.59 bits per heavy atom. The van der Waals surface area contributed by atoms with E-state index in [2.05, 4.69) is 43.0 Å². The zero-order chi connectivity index (χ0) is 24.9. The minimum atomic E-state index is -4.60. The standard InChI is InChI=1S/C22H33F3N8O/c1-14(2)20(34)27-9-5-8-26-19-17(22(23,24)25)12-28-21(30-19)29-18-13-33(31-15(18)3)16-6-10-32(4)11-7-16/h12-14,16H,5-11H2,1-4H3,(H,27,34)(H2,26,28,29,30). The van der Waals surface area contributed by atoms with E-state index in [1.807, 2.05) is 17.8 Å². The fraction of sp³-hybridized carbons (Fsp3) is 0.636. The quantitative estimate of drug-likeness (QED) is 0.470. The van der Waals surface area contributed by atoms with Crippen molar-refractivity contribution in [1.82, 2.24) is 30.0 Å². The molecule has 3 N–H and O–H groups in total. The average molecular weight is 483 g/mol. The number of likely N-dealkylation sites (tertiary alicyclic amines) is 1. The summed E-state index contributed by atoms with van der Waals surface area (Å²) in [5.41, 5.74) is 0.432. The van der Waals surface area contributed by atoms with E-state index in [4.69, 9.17) is 0 Å². The van der Waals surface area contributed by atoms with E-state index in [-0.39, 0.29) is 36.2 Å². The summed E-state index contributed by atoms with van der Waals surface area (Å²) in [5.74, 6) is -0.497. The van der Waals surface area contributed by atoms with Crippen molar-refractivity contribution in [2.45, 2.75) is 52.3 Å². The maximum Gasteiger partial charge on any atom is 0.421 e. The van der Waals surface area contributed by atoms with Crippen LogP contribution in [0.5, 0.6) is 0 Å². The molecule has 0 radical (unpaired) electrons. The predicted molar refractivity (Wildman–Crippen MR) is 124 cm³/mol. The highest BCUT2D eigenvalue weighted by molar-refractivity contribution is 5.77. The molecule has 0 unspecified atom stereocenters. The Morgan fingerprint density at radius 2 is 1.94 bits per heavy atom. The summed E-state index contributed by atoms with van der Waals surface area (Å²) in [5, 5.41) is 13.1. The number of anilines is 3. The van der Waals surface area contributed by atoms with Gasteiger partial charge >= 0.3 is 6.18 Å². The summed E-state index contributed by atoms with van der Waals surface area (Å²) in [6.45, 7) is 7.94. The van der Waals surface area contributed by atoms with Gasteiger partial charge in [-0.05, 0) is 46.3 Å². The molecule has 3 rings (SSSR count). The smallest absolute Gasteiger partial charge is 0.369 e. The molecule has 12 heteroatoms. The van der Waals surface area contributed by atoms with Gasteiger partial charge in [0, 0.05) is 31.4 Å². The van der Waals surface area contributed by atoms with Gasteiger partial charge in [-0.15, -0.1) is 0 Å². The second kappa shape index (κ2) is 11.0. The van der Waals surface area contributed by atoms with Gasteiger partial charge in [-0.25, -0.2) is 4.98 Å². The summed E-state index contributed by atoms with van der Waals surface area (Å²) in [6.07, 6.45) is 0.456. The maximum atomic E-state index is 13.5. The molecule has 0 aromatic carbocycles. The molecule has 1 aliphatic rings. The minimum Gasteiger partial charge on any atom is -0.369 e. The summed E-state index contributed by atoms with van der Waals surface area (Å²) in [7, 11) is 2.09. The largest absolute Gasteiger partial charge is 0.421 e. The molecule has 0 atom stereocenters. The Morgan fingerprint density at radius 1 is 1.24 bits per heavy atom. The third kappa shape index (κ3) is 6.81. The molecule has 2 aromatic rings. The van der Waals surface area contributed by atoms with E-state index in [9.17, 15) is 18.0 Å². The highest BCUT2D eigenvalue weighted by atomic mass is 19.4. The van der Waals surface area contributed by atoms with Crippen LogP contribution in [0.15, 0.2) is 12.4 Å². The number of hydrogen-bond acceptors (Lipinski definition) is 7. The van der Waals surface area contributed by atoms with E-state index < -0.39 is 11.7 Å². The van der Waals surface area contributed by atoms with Crippen molar-refractivity contribution in [3.63, 3.8) is 0 Å². The van der Waals surface area contributed by atoms with Gasteiger partial charge in [-0.2, -0.15) is 23.3 Å².